The van der Waals surface area contributed by atoms with Crippen molar-refractivity contribution >= 4 is 5.91 Å². The Morgan fingerprint density at radius 2 is 1.81 bits per heavy atom. The Bertz CT molecular complexity index is 210. The van der Waals surface area contributed by atoms with Crippen LogP contribution in [0.25, 0.3) is 0 Å². The Morgan fingerprint density at radius 1 is 1.25 bits per heavy atom. The van der Waals surface area contributed by atoms with Crippen LogP contribution in [-0.2, 0) is 4.79 Å². The van der Waals surface area contributed by atoms with Gasteiger partial charge in [-0.3, -0.25) is 9.69 Å². The largest absolute Gasteiger partial charge is 0.342 e. The van der Waals surface area contributed by atoms with Crippen molar-refractivity contribution < 1.29 is 4.79 Å². The van der Waals surface area contributed by atoms with Gasteiger partial charge in [0.2, 0.25) is 5.91 Å². The SMILES string of the molecule is CCN(CC)C(=O)CN(C)C1CC[N]CC1. The molecule has 0 saturated carbocycles. The summed E-state index contributed by atoms with van der Waals surface area (Å²) in [6.45, 7) is 8.13. The van der Waals surface area contributed by atoms with Gasteiger partial charge in [-0.25, -0.2) is 5.32 Å². The fourth-order valence-electron chi connectivity index (χ4n) is 2.20. The second kappa shape index (κ2) is 6.86. The van der Waals surface area contributed by atoms with E-state index < -0.39 is 0 Å². The standard InChI is InChI=1S/C12H24N3O/c1-4-15(5-2)12(16)10-14(3)11-6-8-13-9-7-11/h11H,4-10H2,1-3H3. The van der Waals surface area contributed by atoms with Crippen LogP contribution in [0.2, 0.25) is 0 Å². The minimum atomic E-state index is 0.245. The molecule has 1 heterocycles. The summed E-state index contributed by atoms with van der Waals surface area (Å²) in [6.07, 6.45) is 2.20. The summed E-state index contributed by atoms with van der Waals surface area (Å²) in [5, 5.41) is 4.33. The van der Waals surface area contributed by atoms with Crippen molar-refractivity contribution in [1.82, 2.24) is 15.1 Å². The van der Waals surface area contributed by atoms with Crippen LogP contribution in [0.15, 0.2) is 0 Å². The van der Waals surface area contributed by atoms with Gasteiger partial charge in [0.05, 0.1) is 6.54 Å². The molecule has 1 fully saturated rings. The second-order valence-electron chi connectivity index (χ2n) is 4.38. The predicted octanol–water partition coefficient (Wildman–Crippen LogP) is 0.553. The number of amides is 1. The third-order valence-corrected chi connectivity index (χ3v) is 3.37. The fourth-order valence-corrected chi connectivity index (χ4v) is 2.20. The first-order valence-electron chi connectivity index (χ1n) is 6.30. The van der Waals surface area contributed by atoms with E-state index in [0.29, 0.717) is 12.6 Å². The molecule has 0 spiro atoms. The smallest absolute Gasteiger partial charge is 0.236 e. The lowest BCUT2D eigenvalue weighted by molar-refractivity contribution is -0.132. The first kappa shape index (κ1) is 13.5. The van der Waals surface area contributed by atoms with Gasteiger partial charge in [-0.05, 0) is 33.7 Å². The number of likely N-dealkylation sites (N-methyl/N-ethyl adjacent to an activating group) is 2. The summed E-state index contributed by atoms with van der Waals surface area (Å²) < 4.78 is 0. The van der Waals surface area contributed by atoms with Gasteiger partial charge in [0, 0.05) is 32.2 Å². The number of hydrogen-bond acceptors (Lipinski definition) is 2. The molecule has 0 aliphatic carbocycles. The molecule has 1 radical (unpaired) electrons. The Hall–Kier alpha value is -0.610. The molecule has 0 aromatic carbocycles. The topological polar surface area (TPSA) is 37.7 Å². The van der Waals surface area contributed by atoms with Gasteiger partial charge in [0.25, 0.3) is 0 Å². The van der Waals surface area contributed by atoms with Crippen LogP contribution in [0.3, 0.4) is 0 Å². The van der Waals surface area contributed by atoms with Crippen LogP contribution in [0.1, 0.15) is 26.7 Å². The highest BCUT2D eigenvalue weighted by Crippen LogP contribution is 2.10. The molecule has 0 N–H and O–H groups in total. The maximum atomic E-state index is 11.9. The molecule has 93 valence electrons. The van der Waals surface area contributed by atoms with Crippen molar-refractivity contribution in [1.29, 1.82) is 0 Å². The Labute approximate surface area is 99.0 Å². The van der Waals surface area contributed by atoms with Crippen molar-refractivity contribution in [3.05, 3.63) is 0 Å². The molecular weight excluding hydrogens is 202 g/mol. The number of piperidine rings is 1. The first-order valence-corrected chi connectivity index (χ1v) is 6.30. The lowest BCUT2D eigenvalue weighted by atomic mass is 10.1. The van der Waals surface area contributed by atoms with Crippen LogP contribution in [-0.4, -0.2) is 61.5 Å². The quantitative estimate of drug-likeness (QED) is 0.687. The van der Waals surface area contributed by atoms with Gasteiger partial charge < -0.3 is 4.90 Å². The van der Waals surface area contributed by atoms with Gasteiger partial charge in [0.1, 0.15) is 0 Å². The maximum Gasteiger partial charge on any atom is 0.236 e. The molecule has 0 aromatic rings. The van der Waals surface area contributed by atoms with Crippen molar-refractivity contribution in [3.63, 3.8) is 0 Å². The first-order chi connectivity index (χ1) is 7.69. The molecule has 0 bridgehead atoms. The molecule has 0 aromatic heterocycles. The number of carbonyl (C=O) groups is 1. The highest BCUT2D eigenvalue weighted by Gasteiger charge is 2.21. The van der Waals surface area contributed by atoms with Crippen molar-refractivity contribution in [3.8, 4) is 0 Å². The lowest BCUT2D eigenvalue weighted by Crippen LogP contribution is -2.45. The molecular formula is C12H24N3O. The molecule has 16 heavy (non-hydrogen) atoms. The van der Waals surface area contributed by atoms with Crippen molar-refractivity contribution in [2.45, 2.75) is 32.7 Å². The zero-order valence-electron chi connectivity index (χ0n) is 10.8. The van der Waals surface area contributed by atoms with Gasteiger partial charge in [-0.15, -0.1) is 0 Å². The molecule has 4 nitrogen and oxygen atoms in total. The van der Waals surface area contributed by atoms with Crippen LogP contribution in [0.5, 0.6) is 0 Å². The number of carbonyl (C=O) groups excluding carboxylic acids is 1. The minimum absolute atomic E-state index is 0.245. The Kier molecular flexibility index (Phi) is 5.77. The second-order valence-corrected chi connectivity index (χ2v) is 4.38. The zero-order chi connectivity index (χ0) is 12.0. The maximum absolute atomic E-state index is 11.9. The summed E-state index contributed by atoms with van der Waals surface area (Å²) in [5.74, 6) is 0.245. The number of nitrogens with zero attached hydrogens (tertiary/aromatic N) is 3. The third-order valence-electron chi connectivity index (χ3n) is 3.37. The molecule has 1 saturated heterocycles. The van der Waals surface area contributed by atoms with Crippen molar-refractivity contribution in [2.75, 3.05) is 39.8 Å². The van der Waals surface area contributed by atoms with E-state index in [1.54, 1.807) is 0 Å². The third kappa shape index (κ3) is 3.76. The van der Waals surface area contributed by atoms with E-state index in [1.807, 2.05) is 18.7 Å². The average Bonchev–Trinajstić information content (AvgIpc) is 2.31. The summed E-state index contributed by atoms with van der Waals surface area (Å²) in [5.41, 5.74) is 0. The molecule has 1 aliphatic heterocycles. The summed E-state index contributed by atoms with van der Waals surface area (Å²) in [4.78, 5) is 16.0. The van der Waals surface area contributed by atoms with E-state index >= 15 is 0 Å². The van der Waals surface area contributed by atoms with E-state index in [-0.39, 0.29) is 5.91 Å². The monoisotopic (exact) mass is 226 g/mol. The number of hydrogen-bond donors (Lipinski definition) is 0. The zero-order valence-corrected chi connectivity index (χ0v) is 10.8. The molecule has 1 rings (SSSR count). The Balaban J connectivity index is 2.36. The molecule has 0 atom stereocenters. The van der Waals surface area contributed by atoms with Gasteiger partial charge in [-0.2, -0.15) is 0 Å². The summed E-state index contributed by atoms with van der Waals surface area (Å²) >= 11 is 0. The van der Waals surface area contributed by atoms with Crippen LogP contribution < -0.4 is 5.32 Å². The normalized spacial score (nSPS) is 17.8. The van der Waals surface area contributed by atoms with Crippen molar-refractivity contribution in [2.24, 2.45) is 0 Å². The predicted molar refractivity (Wildman–Crippen MR) is 65.4 cm³/mol. The van der Waals surface area contributed by atoms with E-state index in [4.69, 9.17) is 0 Å². The average molecular weight is 226 g/mol. The summed E-state index contributed by atoms with van der Waals surface area (Å²) in [6, 6.07) is 0.539. The van der Waals surface area contributed by atoms with E-state index in [9.17, 15) is 4.79 Å². The van der Waals surface area contributed by atoms with Gasteiger partial charge >= 0.3 is 0 Å². The molecule has 1 amide bonds. The van der Waals surface area contributed by atoms with Gasteiger partial charge in [-0.1, -0.05) is 0 Å². The van der Waals surface area contributed by atoms with E-state index in [1.165, 1.54) is 0 Å². The van der Waals surface area contributed by atoms with Crippen LogP contribution in [0.4, 0.5) is 0 Å². The number of rotatable bonds is 5. The minimum Gasteiger partial charge on any atom is -0.342 e. The van der Waals surface area contributed by atoms with Crippen LogP contribution in [0, 0.1) is 0 Å². The highest BCUT2D eigenvalue weighted by molar-refractivity contribution is 5.78. The molecule has 4 heteroatoms. The van der Waals surface area contributed by atoms with Crippen LogP contribution >= 0.6 is 0 Å². The lowest BCUT2D eigenvalue weighted by Gasteiger charge is -2.32. The van der Waals surface area contributed by atoms with E-state index in [2.05, 4.69) is 17.3 Å². The van der Waals surface area contributed by atoms with Gasteiger partial charge in [0.15, 0.2) is 0 Å². The molecule has 0 unspecified atom stereocenters. The Morgan fingerprint density at radius 3 is 2.31 bits per heavy atom. The molecule has 1 aliphatic rings. The summed E-state index contributed by atoms with van der Waals surface area (Å²) in [7, 11) is 2.05. The highest BCUT2D eigenvalue weighted by atomic mass is 16.2. The van der Waals surface area contributed by atoms with E-state index in [0.717, 1.165) is 39.0 Å². The fraction of sp³-hybridized carbons (Fsp3) is 0.917.